The third-order valence-electron chi connectivity index (χ3n) is 3.40. The molecule has 3 heteroatoms. The quantitative estimate of drug-likeness (QED) is 0.783. The zero-order valence-electron chi connectivity index (χ0n) is 9.98. The molecule has 1 aliphatic rings. The van der Waals surface area contributed by atoms with Crippen LogP contribution in [0.25, 0.3) is 0 Å². The molecular formula is C13H19NO2. The molecule has 0 amide bonds. The normalized spacial score (nSPS) is 19.9. The highest BCUT2D eigenvalue weighted by atomic mass is 16.5. The molecule has 1 saturated heterocycles. The van der Waals surface area contributed by atoms with E-state index in [-0.39, 0.29) is 11.5 Å². The summed E-state index contributed by atoms with van der Waals surface area (Å²) in [6.45, 7) is 5.30. The van der Waals surface area contributed by atoms with Gasteiger partial charge in [0.05, 0.1) is 0 Å². The van der Waals surface area contributed by atoms with Crippen LogP contribution in [0.1, 0.15) is 26.7 Å². The SMILES string of the molecule is CC(C)C(=O)C1(n2cccc2)CCOCC1. The molecule has 0 atom stereocenters. The van der Waals surface area contributed by atoms with E-state index in [1.165, 1.54) is 0 Å². The standard InChI is InChI=1S/C13H19NO2/c1-11(2)12(15)13(5-9-16-10-6-13)14-7-3-4-8-14/h3-4,7-8,11H,5-6,9-10H2,1-2H3. The highest BCUT2D eigenvalue weighted by Gasteiger charge is 2.41. The first kappa shape index (κ1) is 11.4. The summed E-state index contributed by atoms with van der Waals surface area (Å²) in [5.41, 5.74) is -0.365. The van der Waals surface area contributed by atoms with Crippen molar-refractivity contribution in [3.05, 3.63) is 24.5 Å². The van der Waals surface area contributed by atoms with Gasteiger partial charge in [-0.3, -0.25) is 4.79 Å². The van der Waals surface area contributed by atoms with E-state index in [1.54, 1.807) is 0 Å². The molecule has 0 saturated carbocycles. The van der Waals surface area contributed by atoms with Gasteiger partial charge < -0.3 is 9.30 Å². The van der Waals surface area contributed by atoms with E-state index < -0.39 is 0 Å². The number of hydrogen-bond donors (Lipinski definition) is 0. The topological polar surface area (TPSA) is 31.2 Å². The van der Waals surface area contributed by atoms with Crippen molar-refractivity contribution in [1.29, 1.82) is 0 Å². The predicted molar refractivity (Wildman–Crippen MR) is 62.3 cm³/mol. The van der Waals surface area contributed by atoms with Gasteiger partial charge >= 0.3 is 0 Å². The van der Waals surface area contributed by atoms with Gasteiger partial charge in [-0.25, -0.2) is 0 Å². The van der Waals surface area contributed by atoms with Gasteiger partial charge in [0.1, 0.15) is 5.54 Å². The lowest BCUT2D eigenvalue weighted by Gasteiger charge is -2.38. The van der Waals surface area contributed by atoms with Gasteiger partial charge in [0.2, 0.25) is 0 Å². The fraction of sp³-hybridized carbons (Fsp3) is 0.615. The average molecular weight is 221 g/mol. The van der Waals surface area contributed by atoms with Crippen LogP contribution in [0.5, 0.6) is 0 Å². The maximum atomic E-state index is 12.4. The molecule has 0 spiro atoms. The molecule has 0 radical (unpaired) electrons. The van der Waals surface area contributed by atoms with Crippen LogP contribution in [-0.2, 0) is 15.1 Å². The third-order valence-corrected chi connectivity index (χ3v) is 3.40. The summed E-state index contributed by atoms with van der Waals surface area (Å²) in [7, 11) is 0. The molecule has 1 aromatic heterocycles. The fourth-order valence-corrected chi connectivity index (χ4v) is 2.50. The van der Waals surface area contributed by atoms with E-state index >= 15 is 0 Å². The summed E-state index contributed by atoms with van der Waals surface area (Å²) >= 11 is 0. The van der Waals surface area contributed by atoms with Crippen molar-refractivity contribution in [1.82, 2.24) is 4.57 Å². The molecule has 1 fully saturated rings. The van der Waals surface area contributed by atoms with Crippen molar-refractivity contribution in [2.45, 2.75) is 32.2 Å². The van der Waals surface area contributed by atoms with E-state index in [2.05, 4.69) is 4.57 Å². The van der Waals surface area contributed by atoms with Gasteiger partial charge in [-0.15, -0.1) is 0 Å². The van der Waals surface area contributed by atoms with Gasteiger partial charge in [0.25, 0.3) is 0 Å². The Labute approximate surface area is 96.4 Å². The van der Waals surface area contributed by atoms with Crippen LogP contribution in [0.3, 0.4) is 0 Å². The van der Waals surface area contributed by atoms with Crippen LogP contribution in [0.4, 0.5) is 0 Å². The molecule has 0 bridgehead atoms. The first-order valence-corrected chi connectivity index (χ1v) is 5.92. The molecule has 0 aliphatic carbocycles. The van der Waals surface area contributed by atoms with Crippen LogP contribution in [0.2, 0.25) is 0 Å². The molecule has 0 unspecified atom stereocenters. The molecule has 1 aliphatic heterocycles. The van der Waals surface area contributed by atoms with Crippen molar-refractivity contribution < 1.29 is 9.53 Å². The number of ketones is 1. The lowest BCUT2D eigenvalue weighted by Crippen LogP contribution is -2.47. The smallest absolute Gasteiger partial charge is 0.161 e. The van der Waals surface area contributed by atoms with E-state index in [0.717, 1.165) is 12.8 Å². The number of hydrogen-bond acceptors (Lipinski definition) is 2. The molecule has 1 aromatic rings. The van der Waals surface area contributed by atoms with Gasteiger partial charge in [-0.05, 0) is 12.1 Å². The number of rotatable bonds is 3. The zero-order valence-corrected chi connectivity index (χ0v) is 9.98. The Bertz CT molecular complexity index is 348. The first-order chi connectivity index (χ1) is 7.67. The second kappa shape index (κ2) is 4.42. The first-order valence-electron chi connectivity index (χ1n) is 5.92. The second-order valence-electron chi connectivity index (χ2n) is 4.75. The van der Waals surface area contributed by atoms with Crippen molar-refractivity contribution in [3.63, 3.8) is 0 Å². The van der Waals surface area contributed by atoms with Gasteiger partial charge in [0.15, 0.2) is 5.78 Å². The molecule has 3 nitrogen and oxygen atoms in total. The molecule has 88 valence electrons. The number of nitrogens with zero attached hydrogens (tertiary/aromatic N) is 1. The fourth-order valence-electron chi connectivity index (χ4n) is 2.50. The summed E-state index contributed by atoms with van der Waals surface area (Å²) in [5.74, 6) is 0.396. The monoisotopic (exact) mass is 221 g/mol. The molecule has 0 N–H and O–H groups in total. The average Bonchev–Trinajstić information content (AvgIpc) is 2.82. The van der Waals surface area contributed by atoms with E-state index in [4.69, 9.17) is 4.74 Å². The molecule has 2 heterocycles. The minimum Gasteiger partial charge on any atom is -0.381 e. The van der Waals surface area contributed by atoms with Crippen molar-refractivity contribution >= 4 is 5.78 Å². The minimum atomic E-state index is -0.365. The Morgan fingerprint density at radius 2 is 1.81 bits per heavy atom. The summed E-state index contributed by atoms with van der Waals surface area (Å²) in [5, 5.41) is 0. The largest absolute Gasteiger partial charge is 0.381 e. The van der Waals surface area contributed by atoms with Crippen molar-refractivity contribution in [2.24, 2.45) is 5.92 Å². The maximum Gasteiger partial charge on any atom is 0.161 e. The number of carbonyl (C=O) groups is 1. The summed E-state index contributed by atoms with van der Waals surface area (Å²) in [4.78, 5) is 12.4. The minimum absolute atomic E-state index is 0.0699. The molecule has 0 aromatic carbocycles. The highest BCUT2D eigenvalue weighted by Crippen LogP contribution is 2.32. The van der Waals surface area contributed by atoms with Crippen LogP contribution >= 0.6 is 0 Å². The molecular weight excluding hydrogens is 202 g/mol. The van der Waals surface area contributed by atoms with Crippen molar-refractivity contribution in [3.8, 4) is 0 Å². The van der Waals surface area contributed by atoms with Crippen LogP contribution in [0, 0.1) is 5.92 Å². The van der Waals surface area contributed by atoms with E-state index in [1.807, 2.05) is 38.4 Å². The van der Waals surface area contributed by atoms with Crippen LogP contribution in [-0.4, -0.2) is 23.6 Å². The Hall–Kier alpha value is -1.09. The molecule has 16 heavy (non-hydrogen) atoms. The lowest BCUT2D eigenvalue weighted by atomic mass is 9.80. The third kappa shape index (κ3) is 1.80. The summed E-state index contributed by atoms with van der Waals surface area (Å²) in [6.07, 6.45) is 5.56. The van der Waals surface area contributed by atoms with E-state index in [0.29, 0.717) is 19.0 Å². The Kier molecular flexibility index (Phi) is 3.15. The summed E-state index contributed by atoms with van der Waals surface area (Å²) in [6, 6.07) is 3.95. The van der Waals surface area contributed by atoms with Gasteiger partial charge in [-0.2, -0.15) is 0 Å². The number of Topliss-reactive ketones (excluding diaryl/α,β-unsaturated/α-hetero) is 1. The number of carbonyl (C=O) groups excluding carboxylic acids is 1. The lowest BCUT2D eigenvalue weighted by molar-refractivity contribution is -0.135. The maximum absolute atomic E-state index is 12.4. The molecule has 2 rings (SSSR count). The predicted octanol–water partition coefficient (Wildman–Crippen LogP) is 2.22. The highest BCUT2D eigenvalue weighted by molar-refractivity contribution is 5.88. The van der Waals surface area contributed by atoms with Crippen molar-refractivity contribution in [2.75, 3.05) is 13.2 Å². The summed E-state index contributed by atoms with van der Waals surface area (Å²) < 4.78 is 7.45. The van der Waals surface area contributed by atoms with Crippen LogP contribution in [0.15, 0.2) is 24.5 Å². The number of ether oxygens (including phenoxy) is 1. The van der Waals surface area contributed by atoms with E-state index in [9.17, 15) is 4.79 Å². The van der Waals surface area contributed by atoms with Crippen LogP contribution < -0.4 is 0 Å². The second-order valence-corrected chi connectivity index (χ2v) is 4.75. The Morgan fingerprint density at radius 3 is 2.31 bits per heavy atom. The number of aromatic nitrogens is 1. The zero-order chi connectivity index (χ0) is 11.6. The Balaban J connectivity index is 2.36. The Morgan fingerprint density at radius 1 is 1.25 bits per heavy atom. The van der Waals surface area contributed by atoms with Gasteiger partial charge in [-0.1, -0.05) is 13.8 Å². The van der Waals surface area contributed by atoms with Gasteiger partial charge in [0, 0.05) is 44.4 Å².